The molecule has 0 aromatic rings. The Morgan fingerprint density at radius 1 is 1.24 bits per heavy atom. The third-order valence-corrected chi connectivity index (χ3v) is 2.49. The molecule has 0 aliphatic heterocycles. The molecular weight excluding hydrogens is 216 g/mol. The van der Waals surface area contributed by atoms with Crippen LogP contribution in [0.1, 0.15) is 52.9 Å². The van der Waals surface area contributed by atoms with E-state index in [0.29, 0.717) is 18.3 Å². The highest BCUT2D eigenvalue weighted by Gasteiger charge is 2.04. The minimum absolute atomic E-state index is 0.294. The van der Waals surface area contributed by atoms with Gasteiger partial charge in [-0.3, -0.25) is 0 Å². The number of ether oxygens (including phenoxy) is 2. The molecule has 0 rings (SSSR count). The van der Waals surface area contributed by atoms with Crippen LogP contribution in [0.5, 0.6) is 0 Å². The summed E-state index contributed by atoms with van der Waals surface area (Å²) in [5.74, 6) is -0.294. The first-order chi connectivity index (χ1) is 8.07. The lowest BCUT2D eigenvalue weighted by atomic mass is 10.2. The zero-order valence-electron chi connectivity index (χ0n) is 11.5. The lowest BCUT2D eigenvalue weighted by Crippen LogP contribution is -2.10. The summed E-state index contributed by atoms with van der Waals surface area (Å²) >= 11 is 0. The number of carbonyl (C=O) groups is 1. The first kappa shape index (κ1) is 16.2. The third kappa shape index (κ3) is 10.1. The Labute approximate surface area is 105 Å². The SMILES string of the molecule is C=C(C)C(=O)OCCCCC(C)OCCCC. The van der Waals surface area contributed by atoms with Crippen LogP contribution < -0.4 is 0 Å². The summed E-state index contributed by atoms with van der Waals surface area (Å²) in [6.07, 6.45) is 5.54. The van der Waals surface area contributed by atoms with Crippen molar-refractivity contribution in [1.82, 2.24) is 0 Å². The first-order valence-corrected chi connectivity index (χ1v) is 6.52. The maximum Gasteiger partial charge on any atom is 0.333 e. The lowest BCUT2D eigenvalue weighted by Gasteiger charge is -2.12. The van der Waals surface area contributed by atoms with Gasteiger partial charge in [0.25, 0.3) is 0 Å². The van der Waals surface area contributed by atoms with Crippen molar-refractivity contribution in [2.75, 3.05) is 13.2 Å². The van der Waals surface area contributed by atoms with E-state index >= 15 is 0 Å². The molecule has 0 aromatic carbocycles. The summed E-state index contributed by atoms with van der Waals surface area (Å²) in [6, 6.07) is 0. The van der Waals surface area contributed by atoms with Crippen molar-refractivity contribution in [2.24, 2.45) is 0 Å². The zero-order valence-corrected chi connectivity index (χ0v) is 11.5. The van der Waals surface area contributed by atoms with Gasteiger partial charge in [0.05, 0.1) is 12.7 Å². The van der Waals surface area contributed by atoms with Gasteiger partial charge in [-0.15, -0.1) is 0 Å². The summed E-state index contributed by atoms with van der Waals surface area (Å²) in [4.78, 5) is 11.1. The van der Waals surface area contributed by atoms with Crippen molar-refractivity contribution in [3.05, 3.63) is 12.2 Å². The molecule has 0 saturated carbocycles. The van der Waals surface area contributed by atoms with Crippen LogP contribution in [0.2, 0.25) is 0 Å². The van der Waals surface area contributed by atoms with Crippen LogP contribution in [-0.2, 0) is 14.3 Å². The fraction of sp³-hybridized carbons (Fsp3) is 0.786. The van der Waals surface area contributed by atoms with Crippen LogP contribution in [0.4, 0.5) is 0 Å². The minimum Gasteiger partial charge on any atom is -0.462 e. The van der Waals surface area contributed by atoms with E-state index in [1.54, 1.807) is 6.92 Å². The number of rotatable bonds is 10. The van der Waals surface area contributed by atoms with Gasteiger partial charge in [0.15, 0.2) is 0 Å². The fourth-order valence-corrected chi connectivity index (χ4v) is 1.33. The van der Waals surface area contributed by atoms with Gasteiger partial charge in [-0.05, 0) is 39.5 Å². The molecule has 0 N–H and O–H groups in total. The molecule has 0 aliphatic carbocycles. The highest BCUT2D eigenvalue weighted by atomic mass is 16.5. The largest absolute Gasteiger partial charge is 0.462 e. The normalized spacial score (nSPS) is 12.2. The van der Waals surface area contributed by atoms with Gasteiger partial charge < -0.3 is 9.47 Å². The average Bonchev–Trinajstić information content (AvgIpc) is 2.28. The summed E-state index contributed by atoms with van der Waals surface area (Å²) in [6.45, 7) is 10.8. The Bertz CT molecular complexity index is 224. The molecule has 1 unspecified atom stereocenters. The quantitative estimate of drug-likeness (QED) is 0.334. The fourth-order valence-electron chi connectivity index (χ4n) is 1.33. The third-order valence-electron chi connectivity index (χ3n) is 2.49. The van der Waals surface area contributed by atoms with Gasteiger partial charge in [0.1, 0.15) is 0 Å². The molecule has 0 aliphatic rings. The Morgan fingerprint density at radius 3 is 2.53 bits per heavy atom. The van der Waals surface area contributed by atoms with Crippen LogP contribution >= 0.6 is 0 Å². The molecule has 0 bridgehead atoms. The second-order valence-electron chi connectivity index (χ2n) is 4.45. The van der Waals surface area contributed by atoms with Gasteiger partial charge in [-0.1, -0.05) is 19.9 Å². The standard InChI is InChI=1S/C14H26O3/c1-5-6-10-16-13(4)9-7-8-11-17-14(15)12(2)3/h13H,2,5-11H2,1,3-4H3. The molecule has 17 heavy (non-hydrogen) atoms. The van der Waals surface area contributed by atoms with Gasteiger partial charge >= 0.3 is 5.97 Å². The summed E-state index contributed by atoms with van der Waals surface area (Å²) in [5.41, 5.74) is 0.460. The maximum atomic E-state index is 11.1. The molecule has 0 saturated heterocycles. The molecule has 100 valence electrons. The molecule has 0 aromatic heterocycles. The lowest BCUT2D eigenvalue weighted by molar-refractivity contribution is -0.139. The summed E-state index contributed by atoms with van der Waals surface area (Å²) < 4.78 is 10.6. The maximum absolute atomic E-state index is 11.1. The molecule has 0 heterocycles. The minimum atomic E-state index is -0.294. The van der Waals surface area contributed by atoms with E-state index in [-0.39, 0.29) is 5.97 Å². The monoisotopic (exact) mass is 242 g/mol. The van der Waals surface area contributed by atoms with E-state index in [2.05, 4.69) is 20.4 Å². The van der Waals surface area contributed by atoms with Gasteiger partial charge in [0, 0.05) is 12.2 Å². The van der Waals surface area contributed by atoms with Gasteiger partial charge in [-0.25, -0.2) is 4.79 Å². The number of carbonyl (C=O) groups excluding carboxylic acids is 1. The highest BCUT2D eigenvalue weighted by Crippen LogP contribution is 2.06. The van der Waals surface area contributed by atoms with E-state index in [1.165, 1.54) is 6.42 Å². The van der Waals surface area contributed by atoms with Crippen molar-refractivity contribution in [3.63, 3.8) is 0 Å². The first-order valence-electron chi connectivity index (χ1n) is 6.52. The number of esters is 1. The summed E-state index contributed by atoms with van der Waals surface area (Å²) in [5, 5.41) is 0. The van der Waals surface area contributed by atoms with E-state index < -0.39 is 0 Å². The molecule has 0 fully saturated rings. The Hall–Kier alpha value is -0.830. The van der Waals surface area contributed by atoms with Crippen LogP contribution in [0.15, 0.2) is 12.2 Å². The van der Waals surface area contributed by atoms with Crippen molar-refractivity contribution < 1.29 is 14.3 Å². The second kappa shape index (κ2) is 10.3. The van der Waals surface area contributed by atoms with Crippen molar-refractivity contribution >= 4 is 5.97 Å². The molecule has 0 spiro atoms. The van der Waals surface area contributed by atoms with Gasteiger partial charge in [-0.2, -0.15) is 0 Å². The molecule has 3 nitrogen and oxygen atoms in total. The molecule has 3 heteroatoms. The molecule has 1 atom stereocenters. The average molecular weight is 242 g/mol. The predicted octanol–water partition coefficient (Wildman–Crippen LogP) is 3.48. The topological polar surface area (TPSA) is 35.5 Å². The molecular formula is C14H26O3. The van der Waals surface area contributed by atoms with Crippen LogP contribution in [0.25, 0.3) is 0 Å². The summed E-state index contributed by atoms with van der Waals surface area (Å²) in [7, 11) is 0. The zero-order chi connectivity index (χ0) is 13.1. The van der Waals surface area contributed by atoms with Crippen molar-refractivity contribution in [2.45, 2.75) is 59.0 Å². The number of hydrogen-bond donors (Lipinski definition) is 0. The van der Waals surface area contributed by atoms with Crippen molar-refractivity contribution in [3.8, 4) is 0 Å². The number of hydrogen-bond acceptors (Lipinski definition) is 3. The van der Waals surface area contributed by atoms with E-state index in [1.807, 2.05) is 0 Å². The van der Waals surface area contributed by atoms with Crippen LogP contribution in [-0.4, -0.2) is 25.3 Å². The van der Waals surface area contributed by atoms with Gasteiger partial charge in [0.2, 0.25) is 0 Å². The Morgan fingerprint density at radius 2 is 1.94 bits per heavy atom. The van der Waals surface area contributed by atoms with Crippen LogP contribution in [0, 0.1) is 0 Å². The molecule has 0 amide bonds. The Kier molecular flexibility index (Phi) is 9.83. The Balaban J connectivity index is 3.33. The predicted molar refractivity (Wildman–Crippen MR) is 69.9 cm³/mol. The van der Waals surface area contributed by atoms with Crippen LogP contribution in [0.3, 0.4) is 0 Å². The van der Waals surface area contributed by atoms with E-state index in [4.69, 9.17) is 9.47 Å². The van der Waals surface area contributed by atoms with E-state index in [9.17, 15) is 4.79 Å². The smallest absolute Gasteiger partial charge is 0.333 e. The second-order valence-corrected chi connectivity index (χ2v) is 4.45. The highest BCUT2D eigenvalue weighted by molar-refractivity contribution is 5.86. The number of unbranched alkanes of at least 4 members (excludes halogenated alkanes) is 2. The molecule has 0 radical (unpaired) electrons. The van der Waals surface area contributed by atoms with Crippen molar-refractivity contribution in [1.29, 1.82) is 0 Å². The van der Waals surface area contributed by atoms with E-state index in [0.717, 1.165) is 32.3 Å².